The average molecular weight is 619 g/mol. The zero-order valence-electron chi connectivity index (χ0n) is 27.3. The summed E-state index contributed by atoms with van der Waals surface area (Å²) < 4.78 is 19.1. The molecule has 0 spiro atoms. The molecule has 238 valence electrons. The van der Waals surface area contributed by atoms with E-state index < -0.39 is 5.63 Å². The van der Waals surface area contributed by atoms with Crippen LogP contribution in [0.5, 0.6) is 5.75 Å². The molecule has 1 aliphatic rings. The lowest BCUT2D eigenvalue weighted by atomic mass is 9.72. The Morgan fingerprint density at radius 3 is 2.61 bits per heavy atom. The fourth-order valence-electron chi connectivity index (χ4n) is 5.87. The van der Waals surface area contributed by atoms with Crippen LogP contribution in [0.3, 0.4) is 0 Å². The average Bonchev–Trinajstić information content (AvgIpc) is 3.47. The molecular formula is C39H42N2O5. The van der Waals surface area contributed by atoms with Crippen LogP contribution in [0.2, 0.25) is 0 Å². The molecule has 3 aromatic heterocycles. The topological polar surface area (TPSA) is 86.9 Å². The minimum atomic E-state index is -0.442. The van der Waals surface area contributed by atoms with E-state index in [-0.39, 0.29) is 11.3 Å². The highest BCUT2D eigenvalue weighted by Gasteiger charge is 2.26. The lowest BCUT2D eigenvalue weighted by Gasteiger charge is -2.32. The van der Waals surface area contributed by atoms with Gasteiger partial charge in [0.25, 0.3) is 5.91 Å². The lowest BCUT2D eigenvalue weighted by molar-refractivity contribution is -0.113. The van der Waals surface area contributed by atoms with Crippen LogP contribution in [0.25, 0.3) is 21.9 Å². The number of carbonyl (C=O) groups is 1. The van der Waals surface area contributed by atoms with Crippen LogP contribution < -0.4 is 15.7 Å². The number of aryl methyl sites for hydroxylation is 1. The summed E-state index contributed by atoms with van der Waals surface area (Å²) in [5, 5.41) is 2.24. The summed E-state index contributed by atoms with van der Waals surface area (Å²) in [6.07, 6.45) is 21.6. The number of hydrogen-bond donors (Lipinski definition) is 0. The molecule has 1 aromatic carbocycles. The summed E-state index contributed by atoms with van der Waals surface area (Å²) in [5.41, 5.74) is 5.63. The molecule has 0 atom stereocenters. The van der Waals surface area contributed by atoms with Crippen LogP contribution in [0.4, 0.5) is 0 Å². The number of allylic oxidation sites excluding steroid dienone is 9. The summed E-state index contributed by atoms with van der Waals surface area (Å²) in [7, 11) is 0. The van der Waals surface area contributed by atoms with E-state index in [2.05, 4.69) is 50.9 Å². The first-order valence-electron chi connectivity index (χ1n) is 15.8. The van der Waals surface area contributed by atoms with Crippen molar-refractivity contribution in [2.75, 3.05) is 6.61 Å². The van der Waals surface area contributed by atoms with E-state index in [0.29, 0.717) is 41.8 Å². The number of pyridine rings is 1. The summed E-state index contributed by atoms with van der Waals surface area (Å²) in [6, 6.07) is 10.5. The first-order chi connectivity index (χ1) is 22.1. The second-order valence-corrected chi connectivity index (χ2v) is 12.6. The van der Waals surface area contributed by atoms with Crippen molar-refractivity contribution in [1.82, 2.24) is 4.57 Å². The van der Waals surface area contributed by atoms with Crippen LogP contribution in [0.1, 0.15) is 60.3 Å². The maximum atomic E-state index is 12.5. The molecule has 0 radical (unpaired) electrons. The van der Waals surface area contributed by atoms with Crippen molar-refractivity contribution in [2.24, 2.45) is 10.4 Å². The number of ether oxygens (including phenoxy) is 1. The highest BCUT2D eigenvalue weighted by molar-refractivity contribution is 5.99. The van der Waals surface area contributed by atoms with E-state index in [9.17, 15) is 9.59 Å². The molecule has 0 unspecified atom stereocenters. The Hall–Kier alpha value is -4.91. The van der Waals surface area contributed by atoms with E-state index in [0.717, 1.165) is 21.9 Å². The van der Waals surface area contributed by atoms with Gasteiger partial charge in [-0.05, 0) is 93.3 Å². The van der Waals surface area contributed by atoms with E-state index in [1.165, 1.54) is 42.6 Å². The van der Waals surface area contributed by atoms with Gasteiger partial charge in [-0.25, -0.2) is 9.79 Å². The van der Waals surface area contributed by atoms with Gasteiger partial charge >= 0.3 is 5.63 Å². The van der Waals surface area contributed by atoms with Crippen molar-refractivity contribution < 1.29 is 18.4 Å². The molecule has 0 fully saturated rings. The van der Waals surface area contributed by atoms with Crippen molar-refractivity contribution in [3.63, 3.8) is 0 Å². The number of hydrogen-bond acceptors (Lipinski definition) is 5. The third-order valence-electron chi connectivity index (χ3n) is 8.33. The van der Waals surface area contributed by atoms with Crippen LogP contribution in [-0.2, 0) is 11.3 Å². The fourth-order valence-corrected chi connectivity index (χ4v) is 5.87. The van der Waals surface area contributed by atoms with Crippen LogP contribution in [-0.4, -0.2) is 17.1 Å². The molecule has 1 aliphatic carbocycles. The number of amides is 1. The summed E-state index contributed by atoms with van der Waals surface area (Å²) >= 11 is 0. The minimum absolute atomic E-state index is 0.224. The Bertz CT molecular complexity index is 2000. The molecule has 4 aromatic rings. The molecule has 7 nitrogen and oxygen atoms in total. The van der Waals surface area contributed by atoms with E-state index in [1.807, 2.05) is 60.3 Å². The van der Waals surface area contributed by atoms with Gasteiger partial charge in [-0.15, -0.1) is 0 Å². The van der Waals surface area contributed by atoms with Crippen molar-refractivity contribution in [3.05, 3.63) is 130 Å². The SMILES string of the molecule is CC1=C(/C=C/C(C)=C/C=C/C(C)=C/C(=O)N=c2ccn(CCCOc3c4occc4cc4ccc(=O)oc34)cc2)C(C)(C)CCC1. The Labute approximate surface area is 269 Å². The Balaban J connectivity index is 1.13. The Kier molecular flexibility index (Phi) is 10.2. The van der Waals surface area contributed by atoms with Gasteiger partial charge in [0.2, 0.25) is 5.75 Å². The van der Waals surface area contributed by atoms with Gasteiger partial charge in [0, 0.05) is 41.9 Å². The van der Waals surface area contributed by atoms with Gasteiger partial charge in [-0.3, -0.25) is 4.79 Å². The first kappa shape index (κ1) is 32.5. The lowest BCUT2D eigenvalue weighted by Crippen LogP contribution is -2.19. The third kappa shape index (κ3) is 8.21. The van der Waals surface area contributed by atoms with Crippen LogP contribution in [0, 0.1) is 5.41 Å². The number of aromatic nitrogens is 1. The molecule has 0 N–H and O–H groups in total. The van der Waals surface area contributed by atoms with Crippen LogP contribution in [0.15, 0.2) is 132 Å². The molecule has 0 aliphatic heterocycles. The van der Waals surface area contributed by atoms with E-state index >= 15 is 0 Å². The normalized spacial score (nSPS) is 15.8. The summed E-state index contributed by atoms with van der Waals surface area (Å²) in [5.74, 6) is 0.127. The van der Waals surface area contributed by atoms with Crippen LogP contribution >= 0.6 is 0 Å². The predicted molar refractivity (Wildman–Crippen MR) is 183 cm³/mol. The zero-order valence-corrected chi connectivity index (χ0v) is 27.3. The second kappa shape index (κ2) is 14.5. The molecule has 0 saturated heterocycles. The zero-order chi connectivity index (χ0) is 32.7. The number of carbonyl (C=O) groups excluding carboxylic acids is 1. The van der Waals surface area contributed by atoms with Crippen molar-refractivity contribution in [2.45, 2.75) is 66.8 Å². The van der Waals surface area contributed by atoms with Gasteiger partial charge in [-0.1, -0.05) is 55.4 Å². The van der Waals surface area contributed by atoms with Gasteiger partial charge in [0.1, 0.15) is 0 Å². The fraction of sp³-hybridized carbons (Fsp3) is 0.308. The van der Waals surface area contributed by atoms with Gasteiger partial charge in [0.05, 0.1) is 18.2 Å². The Morgan fingerprint density at radius 1 is 1.04 bits per heavy atom. The maximum absolute atomic E-state index is 12.5. The Morgan fingerprint density at radius 2 is 1.83 bits per heavy atom. The summed E-state index contributed by atoms with van der Waals surface area (Å²) in [4.78, 5) is 28.6. The molecule has 1 amide bonds. The number of rotatable bonds is 10. The van der Waals surface area contributed by atoms with E-state index in [1.54, 1.807) is 12.3 Å². The number of fused-ring (bicyclic) bond motifs is 2. The summed E-state index contributed by atoms with van der Waals surface area (Å²) in [6.45, 7) is 12.0. The molecule has 3 heterocycles. The van der Waals surface area contributed by atoms with Gasteiger partial charge in [0.15, 0.2) is 11.2 Å². The van der Waals surface area contributed by atoms with Crippen molar-refractivity contribution in [3.8, 4) is 5.75 Å². The smallest absolute Gasteiger partial charge is 0.336 e. The largest absolute Gasteiger partial charge is 0.486 e. The number of nitrogens with zero attached hydrogens (tertiary/aromatic N) is 2. The minimum Gasteiger partial charge on any atom is -0.486 e. The van der Waals surface area contributed by atoms with Gasteiger partial charge in [-0.2, -0.15) is 0 Å². The molecule has 7 heteroatoms. The highest BCUT2D eigenvalue weighted by Crippen LogP contribution is 2.41. The van der Waals surface area contributed by atoms with Crippen molar-refractivity contribution in [1.29, 1.82) is 0 Å². The standard InChI is InChI=1S/C39H42N2O5/c1-27(12-14-33-29(3)11-7-19-39(33,4)5)9-6-10-28(2)25-34(42)40-32-16-21-41(22-17-32)20-8-23-44-38-36-31(18-24-45-36)26-30-13-15-35(43)46-37(30)38/h6,9-10,12-18,21-22,24-26H,7-8,11,19-20,23H2,1-5H3/b10-6+,14-12+,27-9+,28-25+. The van der Waals surface area contributed by atoms with E-state index in [4.69, 9.17) is 13.6 Å². The molecule has 5 rings (SSSR count). The first-order valence-corrected chi connectivity index (χ1v) is 15.8. The molecular weight excluding hydrogens is 576 g/mol. The van der Waals surface area contributed by atoms with Crippen molar-refractivity contribution >= 4 is 27.8 Å². The number of furan rings is 1. The third-order valence-corrected chi connectivity index (χ3v) is 8.33. The maximum Gasteiger partial charge on any atom is 0.336 e. The molecule has 0 bridgehead atoms. The van der Waals surface area contributed by atoms with Gasteiger partial charge < -0.3 is 18.1 Å². The predicted octanol–water partition coefficient (Wildman–Crippen LogP) is 8.77. The number of benzene rings is 1. The molecule has 46 heavy (non-hydrogen) atoms. The highest BCUT2D eigenvalue weighted by atomic mass is 16.5. The monoisotopic (exact) mass is 618 g/mol. The second-order valence-electron chi connectivity index (χ2n) is 12.6. The quantitative estimate of drug-likeness (QED) is 0.0767. The molecule has 0 saturated carbocycles.